The van der Waals surface area contributed by atoms with Crippen LogP contribution in [-0.4, -0.2) is 12.0 Å². The number of aryl methyl sites for hydroxylation is 1. The Balaban J connectivity index is 2.98. The van der Waals surface area contributed by atoms with Gasteiger partial charge in [0, 0.05) is 18.6 Å². The standard InChI is InChI=1S/C12H10ClN3/c1-7-3-4-9(13)10-11(7)16-6-8(5-14)12(10)15-2/h3-4,6H,1-2H3,(H,15,16). The summed E-state index contributed by atoms with van der Waals surface area (Å²) < 4.78 is 0. The number of halogens is 1. The molecule has 0 saturated carbocycles. The first-order chi connectivity index (χ1) is 7.69. The van der Waals surface area contributed by atoms with Crippen molar-refractivity contribution in [1.82, 2.24) is 4.98 Å². The number of nitrogens with one attached hydrogen (secondary N) is 1. The van der Waals surface area contributed by atoms with Crippen molar-refractivity contribution in [2.75, 3.05) is 12.4 Å². The number of nitriles is 1. The average molecular weight is 232 g/mol. The molecule has 2 aromatic rings. The van der Waals surface area contributed by atoms with E-state index in [4.69, 9.17) is 16.9 Å². The highest BCUT2D eigenvalue weighted by molar-refractivity contribution is 6.36. The highest BCUT2D eigenvalue weighted by Gasteiger charge is 2.11. The molecule has 16 heavy (non-hydrogen) atoms. The van der Waals surface area contributed by atoms with Crippen LogP contribution in [0.2, 0.25) is 5.02 Å². The van der Waals surface area contributed by atoms with Gasteiger partial charge in [-0.25, -0.2) is 0 Å². The topological polar surface area (TPSA) is 48.7 Å². The Bertz CT molecular complexity index is 599. The van der Waals surface area contributed by atoms with Crippen LogP contribution in [0.15, 0.2) is 18.3 Å². The maximum absolute atomic E-state index is 9.00. The molecule has 0 aliphatic rings. The van der Waals surface area contributed by atoms with E-state index in [1.165, 1.54) is 0 Å². The van der Waals surface area contributed by atoms with Crippen LogP contribution in [0.1, 0.15) is 11.1 Å². The fourth-order valence-corrected chi connectivity index (χ4v) is 1.99. The van der Waals surface area contributed by atoms with Crippen LogP contribution in [-0.2, 0) is 0 Å². The van der Waals surface area contributed by atoms with E-state index >= 15 is 0 Å². The lowest BCUT2D eigenvalue weighted by Gasteiger charge is -2.10. The van der Waals surface area contributed by atoms with Gasteiger partial charge in [-0.15, -0.1) is 0 Å². The van der Waals surface area contributed by atoms with E-state index in [9.17, 15) is 0 Å². The third-order valence-corrected chi connectivity index (χ3v) is 2.86. The molecule has 0 amide bonds. The van der Waals surface area contributed by atoms with Crippen LogP contribution in [0, 0.1) is 18.3 Å². The minimum Gasteiger partial charge on any atom is -0.386 e. The normalized spacial score (nSPS) is 10.1. The molecule has 80 valence electrons. The molecule has 4 heteroatoms. The van der Waals surface area contributed by atoms with Crippen LogP contribution in [0.4, 0.5) is 5.69 Å². The minimum atomic E-state index is 0.502. The molecule has 3 nitrogen and oxygen atoms in total. The van der Waals surface area contributed by atoms with Crippen LogP contribution >= 0.6 is 11.6 Å². The molecule has 1 aromatic heterocycles. The summed E-state index contributed by atoms with van der Waals surface area (Å²) in [4.78, 5) is 4.27. The molecule has 0 aliphatic carbocycles. The second kappa shape index (κ2) is 3.99. The summed E-state index contributed by atoms with van der Waals surface area (Å²) in [6.45, 7) is 1.97. The highest BCUT2D eigenvalue weighted by atomic mass is 35.5. The average Bonchev–Trinajstić information content (AvgIpc) is 2.32. The van der Waals surface area contributed by atoms with Crippen molar-refractivity contribution in [3.05, 3.63) is 34.5 Å². The summed E-state index contributed by atoms with van der Waals surface area (Å²) in [6.07, 6.45) is 1.57. The van der Waals surface area contributed by atoms with Gasteiger partial charge in [0.05, 0.1) is 21.8 Å². The van der Waals surface area contributed by atoms with Crippen LogP contribution in [0.5, 0.6) is 0 Å². The summed E-state index contributed by atoms with van der Waals surface area (Å²) in [5, 5.41) is 13.4. The molecule has 1 N–H and O–H groups in total. The van der Waals surface area contributed by atoms with Crippen molar-refractivity contribution in [3.8, 4) is 6.07 Å². The Labute approximate surface area is 98.7 Å². The molecule has 0 atom stereocenters. The third kappa shape index (κ3) is 1.48. The molecule has 0 aliphatic heterocycles. The first-order valence-corrected chi connectivity index (χ1v) is 5.22. The van der Waals surface area contributed by atoms with Crippen molar-refractivity contribution in [2.45, 2.75) is 6.92 Å². The van der Waals surface area contributed by atoms with Gasteiger partial charge in [0.2, 0.25) is 0 Å². The fourth-order valence-electron chi connectivity index (χ4n) is 1.75. The molecule has 0 radical (unpaired) electrons. The Hall–Kier alpha value is -1.79. The Morgan fingerprint density at radius 2 is 2.19 bits per heavy atom. The van der Waals surface area contributed by atoms with E-state index in [-0.39, 0.29) is 0 Å². The van der Waals surface area contributed by atoms with E-state index < -0.39 is 0 Å². The molecule has 0 spiro atoms. The zero-order valence-electron chi connectivity index (χ0n) is 9.00. The Morgan fingerprint density at radius 1 is 1.44 bits per heavy atom. The van der Waals surface area contributed by atoms with Crippen molar-refractivity contribution < 1.29 is 0 Å². The van der Waals surface area contributed by atoms with Gasteiger partial charge in [-0.3, -0.25) is 4.98 Å². The van der Waals surface area contributed by atoms with Gasteiger partial charge in [-0.05, 0) is 18.6 Å². The molecule has 1 aromatic carbocycles. The summed E-state index contributed by atoms with van der Waals surface area (Å²) in [5.74, 6) is 0. The maximum atomic E-state index is 9.00. The number of rotatable bonds is 1. The number of nitrogens with zero attached hydrogens (tertiary/aromatic N) is 2. The van der Waals surface area contributed by atoms with E-state index in [2.05, 4.69) is 16.4 Å². The molecule has 0 fully saturated rings. The lowest BCUT2D eigenvalue weighted by molar-refractivity contribution is 1.33. The number of hydrogen-bond donors (Lipinski definition) is 1. The predicted molar refractivity (Wildman–Crippen MR) is 65.8 cm³/mol. The van der Waals surface area contributed by atoms with Gasteiger partial charge >= 0.3 is 0 Å². The molecule has 0 bridgehead atoms. The molecular formula is C12H10ClN3. The number of anilines is 1. The lowest BCUT2D eigenvalue weighted by atomic mass is 10.1. The zero-order chi connectivity index (χ0) is 11.7. The van der Waals surface area contributed by atoms with E-state index in [1.807, 2.05) is 19.1 Å². The first-order valence-electron chi connectivity index (χ1n) is 4.84. The van der Waals surface area contributed by atoms with Crippen LogP contribution in [0.3, 0.4) is 0 Å². The van der Waals surface area contributed by atoms with Gasteiger partial charge in [-0.2, -0.15) is 5.26 Å². The monoisotopic (exact) mass is 231 g/mol. The van der Waals surface area contributed by atoms with Crippen molar-refractivity contribution in [3.63, 3.8) is 0 Å². The largest absolute Gasteiger partial charge is 0.386 e. The van der Waals surface area contributed by atoms with Gasteiger partial charge in [0.25, 0.3) is 0 Å². The van der Waals surface area contributed by atoms with Crippen LogP contribution in [0.25, 0.3) is 10.9 Å². The molecular weight excluding hydrogens is 222 g/mol. The number of fused-ring (bicyclic) bond motifs is 1. The van der Waals surface area contributed by atoms with Gasteiger partial charge in [-0.1, -0.05) is 17.7 Å². The van der Waals surface area contributed by atoms with Crippen molar-refractivity contribution >= 4 is 28.2 Å². The molecule has 2 rings (SSSR count). The Kier molecular flexibility index (Phi) is 2.67. The number of aromatic nitrogens is 1. The number of hydrogen-bond acceptors (Lipinski definition) is 3. The zero-order valence-corrected chi connectivity index (χ0v) is 9.76. The second-order valence-corrected chi connectivity index (χ2v) is 3.90. The summed E-state index contributed by atoms with van der Waals surface area (Å²) in [5.41, 5.74) is 3.11. The van der Waals surface area contributed by atoms with Gasteiger partial charge in [0.1, 0.15) is 6.07 Å². The smallest absolute Gasteiger partial charge is 0.103 e. The van der Waals surface area contributed by atoms with Gasteiger partial charge in [0.15, 0.2) is 0 Å². The molecule has 0 saturated heterocycles. The predicted octanol–water partition coefficient (Wildman–Crippen LogP) is 3.11. The number of benzene rings is 1. The van der Waals surface area contributed by atoms with E-state index in [1.54, 1.807) is 13.2 Å². The summed E-state index contributed by atoms with van der Waals surface area (Å²) in [6, 6.07) is 5.84. The van der Waals surface area contributed by atoms with Crippen molar-refractivity contribution in [1.29, 1.82) is 5.26 Å². The van der Waals surface area contributed by atoms with Crippen LogP contribution < -0.4 is 5.32 Å². The lowest BCUT2D eigenvalue weighted by Crippen LogP contribution is -1.97. The quantitative estimate of drug-likeness (QED) is 0.821. The molecule has 1 heterocycles. The maximum Gasteiger partial charge on any atom is 0.103 e. The molecule has 0 unspecified atom stereocenters. The highest BCUT2D eigenvalue weighted by Crippen LogP contribution is 2.33. The second-order valence-electron chi connectivity index (χ2n) is 3.50. The Morgan fingerprint density at radius 3 is 2.81 bits per heavy atom. The minimum absolute atomic E-state index is 0.502. The summed E-state index contributed by atoms with van der Waals surface area (Å²) >= 11 is 6.15. The van der Waals surface area contributed by atoms with Gasteiger partial charge < -0.3 is 5.32 Å². The number of pyridine rings is 1. The first kappa shape index (κ1) is 10.7. The fraction of sp³-hybridized carbons (Fsp3) is 0.167. The van der Waals surface area contributed by atoms with E-state index in [0.29, 0.717) is 10.6 Å². The SMILES string of the molecule is CNc1c(C#N)cnc2c(C)ccc(Cl)c12. The summed E-state index contributed by atoms with van der Waals surface area (Å²) in [7, 11) is 1.77. The van der Waals surface area contributed by atoms with Crippen molar-refractivity contribution in [2.24, 2.45) is 0 Å². The van der Waals surface area contributed by atoms with E-state index in [0.717, 1.165) is 22.2 Å². The third-order valence-electron chi connectivity index (χ3n) is 2.54.